The Morgan fingerprint density at radius 1 is 1.06 bits per heavy atom. The Morgan fingerprint density at radius 2 is 1.75 bits per heavy atom. The van der Waals surface area contributed by atoms with Gasteiger partial charge in [-0.05, 0) is 36.4 Å². The van der Waals surface area contributed by atoms with Crippen molar-refractivity contribution >= 4 is 23.2 Å². The molecule has 0 radical (unpaired) electrons. The summed E-state index contributed by atoms with van der Waals surface area (Å²) >= 11 is 1.46. The molecule has 170 valence electrons. The number of hydrogen-bond acceptors (Lipinski definition) is 9. The van der Waals surface area contributed by atoms with Gasteiger partial charge in [0, 0.05) is 11.6 Å². The zero-order valence-electron chi connectivity index (χ0n) is 18.4. The first-order valence-electron chi connectivity index (χ1n) is 9.94. The van der Waals surface area contributed by atoms with Gasteiger partial charge in [0.05, 0.1) is 19.1 Å². The first-order chi connectivity index (χ1) is 15.3. The lowest BCUT2D eigenvalue weighted by molar-refractivity contribution is -0.153. The number of carbonyl (C=O) groups excluding carboxylic acids is 2. The maximum absolute atomic E-state index is 12.8. The Bertz CT molecular complexity index is 1040. The van der Waals surface area contributed by atoms with Gasteiger partial charge in [-0.3, -0.25) is 4.79 Å². The molecule has 9 nitrogen and oxygen atoms in total. The second-order valence-electron chi connectivity index (χ2n) is 7.30. The van der Waals surface area contributed by atoms with Crippen molar-refractivity contribution < 1.29 is 28.2 Å². The summed E-state index contributed by atoms with van der Waals surface area (Å²) in [7, 11) is 2.99. The monoisotopic (exact) mass is 459 g/mol. The van der Waals surface area contributed by atoms with Gasteiger partial charge in [-0.15, -0.1) is 21.5 Å². The maximum Gasteiger partial charge on any atom is 0.329 e. The van der Waals surface area contributed by atoms with Gasteiger partial charge in [-0.25, -0.2) is 4.79 Å². The van der Waals surface area contributed by atoms with E-state index in [9.17, 15) is 9.59 Å². The molecule has 1 N–H and O–H groups in total. The zero-order chi connectivity index (χ0) is 23.3. The van der Waals surface area contributed by atoms with E-state index in [0.717, 1.165) is 4.88 Å². The first-order valence-corrected chi connectivity index (χ1v) is 10.8. The third kappa shape index (κ3) is 5.44. The van der Waals surface area contributed by atoms with Crippen LogP contribution >= 0.6 is 11.3 Å². The van der Waals surface area contributed by atoms with Crippen LogP contribution in [0.2, 0.25) is 0 Å². The van der Waals surface area contributed by atoms with Gasteiger partial charge in [0.25, 0.3) is 17.7 Å². The summed E-state index contributed by atoms with van der Waals surface area (Å²) in [5.74, 6) is 0.173. The summed E-state index contributed by atoms with van der Waals surface area (Å²) < 4.78 is 21.6. The van der Waals surface area contributed by atoms with Crippen LogP contribution in [-0.4, -0.2) is 42.3 Å². The van der Waals surface area contributed by atoms with Crippen molar-refractivity contribution in [2.24, 2.45) is 5.92 Å². The number of nitrogens with zero attached hydrogens (tertiary/aromatic N) is 2. The lowest BCUT2D eigenvalue weighted by atomic mass is 10.0. The highest BCUT2D eigenvalue weighted by atomic mass is 32.1. The molecule has 1 amide bonds. The molecule has 0 spiro atoms. The molecular weight excluding hydrogens is 434 g/mol. The lowest BCUT2D eigenvalue weighted by Crippen LogP contribution is -2.45. The minimum absolute atomic E-state index is 0.174. The average Bonchev–Trinajstić information content (AvgIpc) is 3.48. The molecule has 2 heterocycles. The van der Waals surface area contributed by atoms with Crippen LogP contribution in [0.25, 0.3) is 10.8 Å². The number of ether oxygens (including phenoxy) is 3. The van der Waals surface area contributed by atoms with Crippen LogP contribution in [0, 0.1) is 5.92 Å². The van der Waals surface area contributed by atoms with Gasteiger partial charge in [-0.1, -0.05) is 19.9 Å². The highest BCUT2D eigenvalue weighted by Crippen LogP contribution is 2.26. The fourth-order valence-electron chi connectivity index (χ4n) is 2.86. The molecule has 2 atom stereocenters. The topological polar surface area (TPSA) is 113 Å². The highest BCUT2D eigenvalue weighted by molar-refractivity contribution is 7.13. The molecule has 32 heavy (non-hydrogen) atoms. The molecule has 0 fully saturated rings. The number of carbonyl (C=O) groups is 2. The molecule has 0 saturated carbocycles. The molecule has 10 heteroatoms. The average molecular weight is 460 g/mol. The van der Waals surface area contributed by atoms with E-state index in [1.165, 1.54) is 25.6 Å². The van der Waals surface area contributed by atoms with Gasteiger partial charge < -0.3 is 23.9 Å². The summed E-state index contributed by atoms with van der Waals surface area (Å²) in [4.78, 5) is 26.5. The van der Waals surface area contributed by atoms with Crippen LogP contribution in [-0.2, 0) is 9.53 Å². The predicted octanol–water partition coefficient (Wildman–Crippen LogP) is 3.87. The molecule has 0 aliphatic carbocycles. The van der Waals surface area contributed by atoms with Gasteiger partial charge in [0.15, 0.2) is 6.10 Å². The van der Waals surface area contributed by atoms with E-state index in [1.54, 1.807) is 25.1 Å². The Kier molecular flexibility index (Phi) is 7.47. The van der Waals surface area contributed by atoms with Gasteiger partial charge in [0.2, 0.25) is 0 Å². The quantitative estimate of drug-likeness (QED) is 0.480. The maximum atomic E-state index is 12.8. The Balaban J connectivity index is 1.70. The number of methoxy groups -OCH3 is 2. The van der Waals surface area contributed by atoms with Crippen LogP contribution in [0.15, 0.2) is 40.1 Å². The van der Waals surface area contributed by atoms with E-state index in [0.29, 0.717) is 23.0 Å². The van der Waals surface area contributed by atoms with E-state index >= 15 is 0 Å². The van der Waals surface area contributed by atoms with E-state index in [1.807, 2.05) is 31.4 Å². The molecule has 0 aliphatic rings. The number of nitrogens with one attached hydrogen (secondary N) is 1. The minimum Gasteiger partial charge on any atom is -0.497 e. The number of benzene rings is 1. The largest absolute Gasteiger partial charge is 0.497 e. The highest BCUT2D eigenvalue weighted by Gasteiger charge is 2.29. The predicted molar refractivity (Wildman–Crippen MR) is 118 cm³/mol. The van der Waals surface area contributed by atoms with Crippen molar-refractivity contribution in [1.29, 1.82) is 0 Å². The summed E-state index contributed by atoms with van der Waals surface area (Å²) in [5, 5.41) is 12.6. The third-order valence-electron chi connectivity index (χ3n) is 4.63. The van der Waals surface area contributed by atoms with Crippen molar-refractivity contribution in [3.05, 3.63) is 47.2 Å². The molecule has 2 aromatic heterocycles. The molecule has 3 rings (SSSR count). The Hall–Kier alpha value is -3.40. The normalized spacial score (nSPS) is 12.8. The third-order valence-corrected chi connectivity index (χ3v) is 5.49. The zero-order valence-corrected chi connectivity index (χ0v) is 19.3. The van der Waals surface area contributed by atoms with E-state index in [2.05, 4.69) is 15.5 Å². The lowest BCUT2D eigenvalue weighted by Gasteiger charge is -2.22. The number of hydrogen-bond donors (Lipinski definition) is 1. The first kappa shape index (κ1) is 23.3. The van der Waals surface area contributed by atoms with Crippen LogP contribution < -0.4 is 14.8 Å². The van der Waals surface area contributed by atoms with Gasteiger partial charge in [-0.2, -0.15) is 0 Å². The van der Waals surface area contributed by atoms with Gasteiger partial charge in [0.1, 0.15) is 17.5 Å². The second-order valence-corrected chi connectivity index (χ2v) is 8.25. The minimum atomic E-state index is -0.887. The summed E-state index contributed by atoms with van der Waals surface area (Å²) in [6.07, 6.45) is -0.779. The summed E-state index contributed by atoms with van der Waals surface area (Å²) in [6, 6.07) is 7.63. The number of rotatable bonds is 9. The smallest absolute Gasteiger partial charge is 0.329 e. The molecule has 2 unspecified atom stereocenters. The van der Waals surface area contributed by atoms with Crippen LogP contribution in [0.3, 0.4) is 0 Å². The van der Waals surface area contributed by atoms with Crippen LogP contribution in [0.1, 0.15) is 43.1 Å². The molecule has 0 saturated heterocycles. The van der Waals surface area contributed by atoms with Crippen molar-refractivity contribution in [3.8, 4) is 22.3 Å². The fraction of sp³-hybridized carbons (Fsp3) is 0.364. The molecule has 3 aromatic rings. The van der Waals surface area contributed by atoms with E-state index in [4.69, 9.17) is 18.6 Å². The number of aromatic nitrogens is 2. The summed E-state index contributed by atoms with van der Waals surface area (Å²) in [5.41, 5.74) is 0.296. The van der Waals surface area contributed by atoms with E-state index in [-0.39, 0.29) is 11.8 Å². The number of thiophene rings is 1. The van der Waals surface area contributed by atoms with Crippen LogP contribution in [0.4, 0.5) is 0 Å². The standard InChI is InChI=1S/C22H25N3O6S/c1-12(2)18(23-19(26)14-9-15(28-4)11-16(10-14)29-5)22(27)30-13(3)20-24-25-21(31-20)17-7-6-8-32-17/h6-13,18H,1-5H3,(H,23,26). The van der Waals surface area contributed by atoms with Gasteiger partial charge >= 0.3 is 5.97 Å². The van der Waals surface area contributed by atoms with Crippen molar-refractivity contribution in [1.82, 2.24) is 15.5 Å². The van der Waals surface area contributed by atoms with Crippen molar-refractivity contribution in [2.45, 2.75) is 32.9 Å². The molecule has 1 aromatic carbocycles. The fourth-order valence-corrected chi connectivity index (χ4v) is 3.50. The van der Waals surface area contributed by atoms with Crippen LogP contribution in [0.5, 0.6) is 11.5 Å². The Labute approximate surface area is 189 Å². The number of amides is 1. The van der Waals surface area contributed by atoms with Crippen molar-refractivity contribution in [3.63, 3.8) is 0 Å². The van der Waals surface area contributed by atoms with Crippen molar-refractivity contribution in [2.75, 3.05) is 14.2 Å². The molecule has 0 bridgehead atoms. The molecule has 0 aliphatic heterocycles. The summed E-state index contributed by atoms with van der Waals surface area (Å²) in [6.45, 7) is 5.25. The second kappa shape index (κ2) is 10.3. The Morgan fingerprint density at radius 3 is 2.31 bits per heavy atom. The molecular formula is C22H25N3O6S. The SMILES string of the molecule is COc1cc(OC)cc(C(=O)NC(C(=O)OC(C)c2nnc(-c3cccs3)o2)C(C)C)c1. The number of esters is 1. The van der Waals surface area contributed by atoms with E-state index < -0.39 is 24.0 Å².